The molecule has 108 valence electrons. The Kier molecular flexibility index (Phi) is 6.87. The standard InChI is InChI=1S/C14H24N2O2S/c1-4-16(7-8-17)14(18)15-12(10-11(2)3)13-6-5-9-19-13/h5-6,9,11-12,17H,4,7-8,10H2,1-3H3,(H,15,18). The molecule has 0 aromatic carbocycles. The monoisotopic (exact) mass is 284 g/mol. The average molecular weight is 284 g/mol. The van der Waals surface area contributed by atoms with E-state index in [0.29, 0.717) is 19.0 Å². The molecule has 0 aliphatic heterocycles. The van der Waals surface area contributed by atoms with Gasteiger partial charge < -0.3 is 15.3 Å². The zero-order valence-electron chi connectivity index (χ0n) is 11.9. The Hall–Kier alpha value is -1.07. The molecule has 0 fully saturated rings. The van der Waals surface area contributed by atoms with Gasteiger partial charge in [-0.2, -0.15) is 0 Å². The van der Waals surface area contributed by atoms with E-state index in [0.717, 1.165) is 6.42 Å². The van der Waals surface area contributed by atoms with E-state index in [4.69, 9.17) is 5.11 Å². The summed E-state index contributed by atoms with van der Waals surface area (Å²) in [4.78, 5) is 15.0. The second-order valence-corrected chi connectivity index (χ2v) is 5.93. The zero-order chi connectivity index (χ0) is 14.3. The van der Waals surface area contributed by atoms with Crippen LogP contribution in [0, 0.1) is 5.92 Å². The zero-order valence-corrected chi connectivity index (χ0v) is 12.7. The molecule has 2 amide bonds. The molecule has 1 atom stereocenters. The molecule has 1 aromatic rings. The lowest BCUT2D eigenvalue weighted by molar-refractivity contribution is 0.176. The van der Waals surface area contributed by atoms with E-state index in [1.165, 1.54) is 4.88 Å². The van der Waals surface area contributed by atoms with Crippen LogP contribution in [0.3, 0.4) is 0 Å². The number of hydrogen-bond acceptors (Lipinski definition) is 3. The van der Waals surface area contributed by atoms with Gasteiger partial charge >= 0.3 is 6.03 Å². The first-order valence-corrected chi connectivity index (χ1v) is 7.66. The van der Waals surface area contributed by atoms with Gasteiger partial charge in [-0.1, -0.05) is 19.9 Å². The Morgan fingerprint density at radius 3 is 2.74 bits per heavy atom. The van der Waals surface area contributed by atoms with Crippen molar-refractivity contribution < 1.29 is 9.90 Å². The molecular weight excluding hydrogens is 260 g/mol. The number of hydrogen-bond donors (Lipinski definition) is 2. The fourth-order valence-corrected chi connectivity index (χ4v) is 2.76. The van der Waals surface area contributed by atoms with Crippen LogP contribution in [-0.2, 0) is 0 Å². The van der Waals surface area contributed by atoms with Crippen LogP contribution in [-0.4, -0.2) is 35.7 Å². The van der Waals surface area contributed by atoms with Crippen molar-refractivity contribution in [2.75, 3.05) is 19.7 Å². The molecule has 19 heavy (non-hydrogen) atoms. The quantitative estimate of drug-likeness (QED) is 0.809. The Morgan fingerprint density at radius 2 is 2.26 bits per heavy atom. The van der Waals surface area contributed by atoms with Crippen molar-refractivity contribution in [3.63, 3.8) is 0 Å². The third-order valence-corrected chi connectivity index (χ3v) is 3.92. The molecule has 0 aliphatic carbocycles. The highest BCUT2D eigenvalue weighted by Gasteiger charge is 2.19. The van der Waals surface area contributed by atoms with Crippen LogP contribution in [0.5, 0.6) is 0 Å². The Labute approximate surface area is 119 Å². The molecule has 0 bridgehead atoms. The van der Waals surface area contributed by atoms with Crippen LogP contribution < -0.4 is 5.32 Å². The number of amides is 2. The third-order valence-electron chi connectivity index (χ3n) is 2.93. The minimum atomic E-state index is -0.101. The third kappa shape index (κ3) is 5.20. The Balaban J connectivity index is 2.69. The lowest BCUT2D eigenvalue weighted by Gasteiger charge is -2.25. The highest BCUT2D eigenvalue weighted by molar-refractivity contribution is 7.10. The van der Waals surface area contributed by atoms with Crippen molar-refractivity contribution >= 4 is 17.4 Å². The summed E-state index contributed by atoms with van der Waals surface area (Å²) >= 11 is 1.67. The van der Waals surface area contributed by atoms with E-state index >= 15 is 0 Å². The summed E-state index contributed by atoms with van der Waals surface area (Å²) in [7, 11) is 0. The molecule has 0 radical (unpaired) electrons. The Morgan fingerprint density at radius 1 is 1.53 bits per heavy atom. The van der Waals surface area contributed by atoms with E-state index < -0.39 is 0 Å². The molecule has 0 saturated carbocycles. The molecule has 5 heteroatoms. The predicted octanol–water partition coefficient (Wildman–Crippen LogP) is 2.86. The number of aliphatic hydroxyl groups excluding tert-OH is 1. The first-order chi connectivity index (χ1) is 9.08. The van der Waals surface area contributed by atoms with Gasteiger partial charge in [0.25, 0.3) is 0 Å². The van der Waals surface area contributed by atoms with Gasteiger partial charge in [0, 0.05) is 18.0 Å². The molecule has 1 aromatic heterocycles. The second kappa shape index (κ2) is 8.17. The number of urea groups is 1. The van der Waals surface area contributed by atoms with Crippen molar-refractivity contribution in [1.29, 1.82) is 0 Å². The summed E-state index contributed by atoms with van der Waals surface area (Å²) in [6.45, 7) is 7.19. The largest absolute Gasteiger partial charge is 0.395 e. The van der Waals surface area contributed by atoms with Gasteiger partial charge in [0.2, 0.25) is 0 Å². The number of carbonyl (C=O) groups excluding carboxylic acids is 1. The number of likely N-dealkylation sites (N-methyl/N-ethyl adjacent to an activating group) is 1. The van der Waals surface area contributed by atoms with E-state index in [1.54, 1.807) is 16.2 Å². The predicted molar refractivity (Wildman–Crippen MR) is 79.4 cm³/mol. The van der Waals surface area contributed by atoms with E-state index in [9.17, 15) is 4.79 Å². The molecule has 0 aliphatic rings. The fraction of sp³-hybridized carbons (Fsp3) is 0.643. The maximum atomic E-state index is 12.2. The van der Waals surface area contributed by atoms with Crippen molar-refractivity contribution in [2.24, 2.45) is 5.92 Å². The number of carbonyl (C=O) groups is 1. The summed E-state index contributed by atoms with van der Waals surface area (Å²) in [6.07, 6.45) is 0.920. The molecule has 4 nitrogen and oxygen atoms in total. The SMILES string of the molecule is CCN(CCO)C(=O)NC(CC(C)C)c1cccs1. The molecule has 1 rings (SSSR count). The van der Waals surface area contributed by atoms with Gasteiger partial charge in [-0.3, -0.25) is 0 Å². The fourth-order valence-electron chi connectivity index (χ4n) is 1.97. The van der Waals surface area contributed by atoms with Gasteiger partial charge in [-0.25, -0.2) is 4.79 Å². The maximum Gasteiger partial charge on any atom is 0.317 e. The molecule has 2 N–H and O–H groups in total. The van der Waals surface area contributed by atoms with Crippen LogP contribution in [0.4, 0.5) is 4.79 Å². The van der Waals surface area contributed by atoms with Gasteiger partial charge in [-0.05, 0) is 30.7 Å². The van der Waals surface area contributed by atoms with Crippen LogP contribution in [0.1, 0.15) is 38.1 Å². The number of rotatable bonds is 7. The molecular formula is C14H24N2O2S. The Bertz CT molecular complexity index is 366. The van der Waals surface area contributed by atoms with Gasteiger partial charge in [-0.15, -0.1) is 11.3 Å². The van der Waals surface area contributed by atoms with Gasteiger partial charge in [0.15, 0.2) is 0 Å². The highest BCUT2D eigenvalue weighted by Crippen LogP contribution is 2.25. The van der Waals surface area contributed by atoms with Crippen molar-refractivity contribution in [3.8, 4) is 0 Å². The highest BCUT2D eigenvalue weighted by atomic mass is 32.1. The van der Waals surface area contributed by atoms with Crippen LogP contribution in [0.25, 0.3) is 0 Å². The number of nitrogens with zero attached hydrogens (tertiary/aromatic N) is 1. The summed E-state index contributed by atoms with van der Waals surface area (Å²) in [6, 6.07) is 4.02. The van der Waals surface area contributed by atoms with Crippen molar-refractivity contribution in [1.82, 2.24) is 10.2 Å². The number of nitrogens with one attached hydrogen (secondary N) is 1. The molecule has 0 saturated heterocycles. The van der Waals surface area contributed by atoms with Gasteiger partial charge in [0.1, 0.15) is 0 Å². The van der Waals surface area contributed by atoms with E-state index in [2.05, 4.69) is 25.2 Å². The van der Waals surface area contributed by atoms with Gasteiger partial charge in [0.05, 0.1) is 12.6 Å². The van der Waals surface area contributed by atoms with Crippen LogP contribution >= 0.6 is 11.3 Å². The molecule has 1 heterocycles. The summed E-state index contributed by atoms with van der Waals surface area (Å²) in [5.74, 6) is 0.514. The maximum absolute atomic E-state index is 12.2. The topological polar surface area (TPSA) is 52.6 Å². The first kappa shape index (κ1) is 16.0. The van der Waals surface area contributed by atoms with E-state index in [1.807, 2.05) is 18.4 Å². The minimum absolute atomic E-state index is 0.00485. The lowest BCUT2D eigenvalue weighted by Crippen LogP contribution is -2.43. The molecule has 1 unspecified atom stereocenters. The van der Waals surface area contributed by atoms with Crippen LogP contribution in [0.15, 0.2) is 17.5 Å². The smallest absolute Gasteiger partial charge is 0.317 e. The normalized spacial score (nSPS) is 12.5. The van der Waals surface area contributed by atoms with Crippen molar-refractivity contribution in [3.05, 3.63) is 22.4 Å². The number of thiophene rings is 1. The van der Waals surface area contributed by atoms with Crippen LogP contribution in [0.2, 0.25) is 0 Å². The summed E-state index contributed by atoms with van der Waals surface area (Å²) < 4.78 is 0. The molecule has 0 spiro atoms. The first-order valence-electron chi connectivity index (χ1n) is 6.78. The van der Waals surface area contributed by atoms with Crippen molar-refractivity contribution in [2.45, 2.75) is 33.2 Å². The van der Waals surface area contributed by atoms with E-state index in [-0.39, 0.29) is 18.7 Å². The second-order valence-electron chi connectivity index (χ2n) is 4.95. The minimum Gasteiger partial charge on any atom is -0.395 e. The summed E-state index contributed by atoms with van der Waals surface area (Å²) in [5.41, 5.74) is 0. The average Bonchev–Trinajstić information content (AvgIpc) is 2.88. The summed E-state index contributed by atoms with van der Waals surface area (Å²) in [5, 5.41) is 14.1. The number of aliphatic hydroxyl groups is 1. The lowest BCUT2D eigenvalue weighted by atomic mass is 10.0.